The lowest BCUT2D eigenvalue weighted by molar-refractivity contribution is 0.225. The Hall–Kier alpha value is -2.97. The van der Waals surface area contributed by atoms with Crippen LogP contribution >= 0.6 is 0 Å². The van der Waals surface area contributed by atoms with E-state index in [9.17, 15) is 0 Å². The van der Waals surface area contributed by atoms with Crippen molar-refractivity contribution in [3.8, 4) is 6.07 Å². The van der Waals surface area contributed by atoms with Crippen LogP contribution in [0.15, 0.2) is 67.0 Å². The second kappa shape index (κ2) is 17.5. The molecule has 2 heterocycles. The van der Waals surface area contributed by atoms with Gasteiger partial charge in [0, 0.05) is 6.54 Å². The average molecular weight is 502 g/mol. The summed E-state index contributed by atoms with van der Waals surface area (Å²) in [5, 5.41) is 16.9. The molecule has 3 aromatic rings. The zero-order valence-corrected chi connectivity index (χ0v) is 23.7. The minimum atomic E-state index is 0.329. The Kier molecular flexibility index (Phi) is 14.3. The molecule has 1 fully saturated rings. The number of nitrogens with zero attached hydrogens (tertiary/aromatic N) is 5. The molecule has 4 rings (SSSR count). The van der Waals surface area contributed by atoms with E-state index in [1.807, 2.05) is 30.6 Å². The SMILES string of the molecule is CCCCCC.CC[C@H](C)C1CCN(C(C)c2nncn2Cc2ccccc2)C1.N#Cc1ccccc1. The first kappa shape index (κ1) is 30.3. The van der Waals surface area contributed by atoms with E-state index in [0.29, 0.717) is 11.6 Å². The number of likely N-dealkylation sites (tertiary alicyclic amines) is 1. The fraction of sp³-hybridized carbons (Fsp3) is 0.531. The highest BCUT2D eigenvalue weighted by Gasteiger charge is 2.31. The van der Waals surface area contributed by atoms with Crippen LogP contribution in [0.3, 0.4) is 0 Å². The summed E-state index contributed by atoms with van der Waals surface area (Å²) in [6.45, 7) is 14.6. The van der Waals surface area contributed by atoms with Gasteiger partial charge < -0.3 is 4.57 Å². The summed E-state index contributed by atoms with van der Waals surface area (Å²) in [5.41, 5.74) is 2.01. The molecular weight excluding hydrogens is 454 g/mol. The molecule has 0 spiro atoms. The molecule has 0 bridgehead atoms. The third-order valence-corrected chi connectivity index (χ3v) is 7.33. The highest BCUT2D eigenvalue weighted by molar-refractivity contribution is 5.27. The molecule has 0 aliphatic carbocycles. The number of rotatable bonds is 9. The number of hydrogen-bond donors (Lipinski definition) is 0. The van der Waals surface area contributed by atoms with E-state index >= 15 is 0 Å². The van der Waals surface area contributed by atoms with Crippen molar-refractivity contribution < 1.29 is 0 Å². The monoisotopic (exact) mass is 501 g/mol. The fourth-order valence-corrected chi connectivity index (χ4v) is 4.63. The number of hydrogen-bond acceptors (Lipinski definition) is 4. The summed E-state index contributed by atoms with van der Waals surface area (Å²) < 4.78 is 2.19. The van der Waals surface area contributed by atoms with Crippen molar-refractivity contribution >= 4 is 0 Å². The minimum absolute atomic E-state index is 0.329. The van der Waals surface area contributed by atoms with Crippen LogP contribution in [0, 0.1) is 23.2 Å². The maximum absolute atomic E-state index is 8.29. The van der Waals surface area contributed by atoms with E-state index in [0.717, 1.165) is 24.2 Å². The van der Waals surface area contributed by atoms with Gasteiger partial charge >= 0.3 is 0 Å². The van der Waals surface area contributed by atoms with Crippen molar-refractivity contribution in [3.63, 3.8) is 0 Å². The highest BCUT2D eigenvalue weighted by Crippen LogP contribution is 2.31. The molecule has 1 aromatic heterocycles. The number of unbranched alkanes of at least 4 members (excludes halogenated alkanes) is 3. The smallest absolute Gasteiger partial charge is 0.150 e. The molecule has 0 radical (unpaired) electrons. The van der Waals surface area contributed by atoms with Gasteiger partial charge in [-0.25, -0.2) is 0 Å². The molecule has 0 saturated carbocycles. The van der Waals surface area contributed by atoms with Gasteiger partial charge in [-0.1, -0.05) is 108 Å². The summed E-state index contributed by atoms with van der Waals surface area (Å²) >= 11 is 0. The molecule has 5 nitrogen and oxygen atoms in total. The van der Waals surface area contributed by atoms with Crippen molar-refractivity contribution in [3.05, 3.63) is 83.9 Å². The largest absolute Gasteiger partial charge is 0.312 e. The Balaban J connectivity index is 0.000000282. The molecule has 1 aliphatic heterocycles. The van der Waals surface area contributed by atoms with Crippen LogP contribution in [0.2, 0.25) is 0 Å². The third kappa shape index (κ3) is 10.5. The second-order valence-electron chi connectivity index (χ2n) is 10.1. The van der Waals surface area contributed by atoms with Crippen LogP contribution in [-0.2, 0) is 6.54 Å². The maximum Gasteiger partial charge on any atom is 0.150 e. The summed E-state index contributed by atoms with van der Waals surface area (Å²) in [6, 6.07) is 22.0. The Bertz CT molecular complexity index is 1000. The van der Waals surface area contributed by atoms with Crippen molar-refractivity contribution in [2.45, 2.75) is 85.7 Å². The Morgan fingerprint density at radius 3 is 2.11 bits per heavy atom. The molecule has 5 heteroatoms. The van der Waals surface area contributed by atoms with Gasteiger partial charge in [0.25, 0.3) is 0 Å². The third-order valence-electron chi connectivity index (χ3n) is 7.33. The zero-order valence-electron chi connectivity index (χ0n) is 23.7. The number of aromatic nitrogens is 3. The van der Waals surface area contributed by atoms with Crippen LogP contribution in [0.1, 0.15) is 96.1 Å². The molecule has 1 aliphatic rings. The number of benzene rings is 2. The first-order valence-electron chi connectivity index (χ1n) is 14.1. The van der Waals surface area contributed by atoms with Crippen LogP contribution in [-0.4, -0.2) is 32.8 Å². The van der Waals surface area contributed by atoms with Gasteiger partial charge in [0.1, 0.15) is 12.2 Å². The van der Waals surface area contributed by atoms with Gasteiger partial charge in [0.05, 0.1) is 24.2 Å². The molecule has 2 aromatic carbocycles. The molecule has 0 amide bonds. The first-order valence-corrected chi connectivity index (χ1v) is 14.1. The maximum atomic E-state index is 8.29. The molecule has 200 valence electrons. The topological polar surface area (TPSA) is 57.7 Å². The van der Waals surface area contributed by atoms with Crippen molar-refractivity contribution in [1.29, 1.82) is 5.26 Å². The summed E-state index contributed by atoms with van der Waals surface area (Å²) in [6.07, 6.45) is 9.99. The molecule has 37 heavy (non-hydrogen) atoms. The lowest BCUT2D eigenvalue weighted by Gasteiger charge is -2.25. The Morgan fingerprint density at radius 2 is 1.57 bits per heavy atom. The molecular formula is C32H47N5. The van der Waals surface area contributed by atoms with Crippen molar-refractivity contribution in [1.82, 2.24) is 19.7 Å². The first-order chi connectivity index (χ1) is 18.0. The predicted octanol–water partition coefficient (Wildman–Crippen LogP) is 7.90. The van der Waals surface area contributed by atoms with E-state index in [2.05, 4.69) is 84.6 Å². The van der Waals surface area contributed by atoms with Crippen molar-refractivity contribution in [2.24, 2.45) is 11.8 Å². The van der Waals surface area contributed by atoms with Crippen LogP contribution < -0.4 is 0 Å². The Morgan fingerprint density at radius 1 is 0.946 bits per heavy atom. The Labute approximate surface area is 225 Å². The van der Waals surface area contributed by atoms with Gasteiger partial charge in [-0.2, -0.15) is 5.26 Å². The molecule has 2 unspecified atom stereocenters. The fourth-order valence-electron chi connectivity index (χ4n) is 4.63. The molecule has 3 atom stereocenters. The van der Waals surface area contributed by atoms with E-state index < -0.39 is 0 Å². The van der Waals surface area contributed by atoms with E-state index in [4.69, 9.17) is 5.26 Å². The van der Waals surface area contributed by atoms with Crippen LogP contribution in [0.5, 0.6) is 0 Å². The average Bonchev–Trinajstić information content (AvgIpc) is 3.63. The minimum Gasteiger partial charge on any atom is -0.312 e. The van der Waals surface area contributed by atoms with Gasteiger partial charge in [0.15, 0.2) is 0 Å². The second-order valence-corrected chi connectivity index (χ2v) is 10.1. The van der Waals surface area contributed by atoms with Crippen LogP contribution in [0.4, 0.5) is 0 Å². The lowest BCUT2D eigenvalue weighted by atomic mass is 9.91. The van der Waals surface area contributed by atoms with Gasteiger partial charge in [0.2, 0.25) is 0 Å². The van der Waals surface area contributed by atoms with Gasteiger partial charge in [-0.15, -0.1) is 10.2 Å². The normalized spacial score (nSPS) is 16.5. The molecule has 0 N–H and O–H groups in total. The molecule has 1 saturated heterocycles. The van der Waals surface area contributed by atoms with E-state index in [1.165, 1.54) is 57.2 Å². The van der Waals surface area contributed by atoms with E-state index in [-0.39, 0.29) is 0 Å². The standard InChI is InChI=1S/C19H28N4.C7H5N.C6H14/c1-4-15(2)18-10-11-22(13-18)16(3)19-21-20-14-23(19)12-17-8-6-5-7-9-17;8-6-7-4-2-1-3-5-7;1-3-5-6-4-2/h5-9,14-16,18H,4,10-13H2,1-3H3;1-5H;3-6H2,1-2H3/t15-,16?,18?;;/m0../s1. The quantitative estimate of drug-likeness (QED) is 0.280. The summed E-state index contributed by atoms with van der Waals surface area (Å²) in [5.74, 6) is 2.72. The zero-order chi connectivity index (χ0) is 26.9. The predicted molar refractivity (Wildman–Crippen MR) is 154 cm³/mol. The summed E-state index contributed by atoms with van der Waals surface area (Å²) in [4.78, 5) is 2.57. The number of nitriles is 1. The van der Waals surface area contributed by atoms with Crippen molar-refractivity contribution in [2.75, 3.05) is 13.1 Å². The van der Waals surface area contributed by atoms with Gasteiger partial charge in [-0.05, 0) is 49.4 Å². The van der Waals surface area contributed by atoms with E-state index in [1.54, 1.807) is 12.1 Å². The van der Waals surface area contributed by atoms with Gasteiger partial charge in [-0.3, -0.25) is 4.90 Å². The summed E-state index contributed by atoms with van der Waals surface area (Å²) in [7, 11) is 0. The van der Waals surface area contributed by atoms with Crippen LogP contribution in [0.25, 0.3) is 0 Å². The highest BCUT2D eigenvalue weighted by atomic mass is 15.3. The lowest BCUT2D eigenvalue weighted by Crippen LogP contribution is -2.28.